The molecule has 0 aliphatic heterocycles. The van der Waals surface area contributed by atoms with Crippen LogP contribution >= 0.6 is 0 Å². The number of aryl methyl sites for hydroxylation is 2. The van der Waals surface area contributed by atoms with Gasteiger partial charge in [-0.15, -0.1) is 0 Å². The number of ether oxygens (including phenoxy) is 2. The summed E-state index contributed by atoms with van der Waals surface area (Å²) in [5.74, 6) is 3.12. The lowest BCUT2D eigenvalue weighted by molar-refractivity contribution is 0.355. The summed E-state index contributed by atoms with van der Waals surface area (Å²) in [5, 5.41) is 10.6. The molecule has 1 unspecified atom stereocenters. The Labute approximate surface area is 148 Å². The number of aliphatic imine (C=N–C) groups is 1. The van der Waals surface area contributed by atoms with E-state index in [4.69, 9.17) is 14.0 Å². The van der Waals surface area contributed by atoms with Crippen molar-refractivity contribution in [2.24, 2.45) is 4.99 Å². The van der Waals surface area contributed by atoms with Gasteiger partial charge in [0.05, 0.1) is 19.9 Å². The molecule has 0 aliphatic carbocycles. The van der Waals surface area contributed by atoms with E-state index in [2.05, 4.69) is 27.7 Å². The summed E-state index contributed by atoms with van der Waals surface area (Å²) in [6, 6.07) is 5.62. The van der Waals surface area contributed by atoms with Crippen LogP contribution in [0.1, 0.15) is 29.9 Å². The minimum absolute atomic E-state index is 0.246. The molecule has 1 aromatic carbocycles. The highest BCUT2D eigenvalue weighted by Crippen LogP contribution is 2.29. The van der Waals surface area contributed by atoms with Crippen LogP contribution in [-0.4, -0.2) is 38.9 Å². The molecule has 25 heavy (non-hydrogen) atoms. The van der Waals surface area contributed by atoms with E-state index in [1.54, 1.807) is 21.3 Å². The molecule has 0 bridgehead atoms. The maximum atomic E-state index is 5.32. The summed E-state index contributed by atoms with van der Waals surface area (Å²) in [7, 11) is 4.96. The topological polar surface area (TPSA) is 80.9 Å². The van der Waals surface area contributed by atoms with Crippen molar-refractivity contribution in [3.05, 3.63) is 35.2 Å². The summed E-state index contributed by atoms with van der Waals surface area (Å²) in [4.78, 5) is 4.26. The van der Waals surface area contributed by atoms with Gasteiger partial charge in [0.15, 0.2) is 17.5 Å². The zero-order chi connectivity index (χ0) is 18.4. The predicted octanol–water partition coefficient (Wildman–Crippen LogP) is 3.10. The molecule has 0 amide bonds. The number of hydrogen-bond acceptors (Lipinski definition) is 5. The molecule has 0 saturated carbocycles. The summed E-state index contributed by atoms with van der Waals surface area (Å²) >= 11 is 0. The van der Waals surface area contributed by atoms with Crippen LogP contribution in [0.25, 0.3) is 0 Å². The Morgan fingerprint density at radius 1 is 1.24 bits per heavy atom. The maximum Gasteiger partial charge on any atom is 0.195 e. The summed E-state index contributed by atoms with van der Waals surface area (Å²) < 4.78 is 15.8. The smallest absolute Gasteiger partial charge is 0.195 e. The fraction of sp³-hybridized carbons (Fsp3) is 0.444. The van der Waals surface area contributed by atoms with Crippen LogP contribution in [0.15, 0.2) is 27.7 Å². The third-order valence-corrected chi connectivity index (χ3v) is 4.03. The maximum absolute atomic E-state index is 5.32. The van der Waals surface area contributed by atoms with Crippen LogP contribution in [-0.2, 0) is 0 Å². The molecule has 2 N–H and O–H groups in total. The first-order valence-electron chi connectivity index (χ1n) is 8.12. The fourth-order valence-corrected chi connectivity index (χ4v) is 2.78. The van der Waals surface area contributed by atoms with E-state index in [1.807, 2.05) is 32.0 Å². The Morgan fingerprint density at radius 2 is 1.96 bits per heavy atom. The molecule has 2 rings (SSSR count). The Balaban J connectivity index is 2.02. The Kier molecular flexibility index (Phi) is 6.27. The predicted molar refractivity (Wildman–Crippen MR) is 98.9 cm³/mol. The summed E-state index contributed by atoms with van der Waals surface area (Å²) in [6.45, 7) is 6.72. The first-order valence-corrected chi connectivity index (χ1v) is 8.12. The van der Waals surface area contributed by atoms with Crippen LogP contribution in [0.2, 0.25) is 0 Å². The third kappa shape index (κ3) is 4.43. The van der Waals surface area contributed by atoms with E-state index >= 15 is 0 Å². The van der Waals surface area contributed by atoms with Crippen molar-refractivity contribution in [1.82, 2.24) is 10.5 Å². The fourth-order valence-electron chi connectivity index (χ4n) is 2.78. The highest BCUT2D eigenvalue weighted by atomic mass is 16.5. The van der Waals surface area contributed by atoms with Crippen LogP contribution in [0.4, 0.5) is 5.69 Å². The van der Waals surface area contributed by atoms with Crippen molar-refractivity contribution < 1.29 is 14.0 Å². The molecular formula is C18H26N4O3. The van der Waals surface area contributed by atoms with Gasteiger partial charge in [-0.3, -0.25) is 4.99 Å². The minimum Gasteiger partial charge on any atom is -0.493 e. The number of nitrogens with zero attached hydrogens (tertiary/aromatic N) is 2. The quantitative estimate of drug-likeness (QED) is 0.618. The minimum atomic E-state index is 0.246. The standard InChI is InChI=1S/C18H26N4O3/c1-11(17-12(2)22-25-13(17)3)10-20-18(19-4)21-14-7-8-15(23-5)16(9-14)24-6/h7-9,11H,10H2,1-6H3,(H2,19,20,21). The molecule has 1 heterocycles. The molecule has 1 aromatic heterocycles. The SMILES string of the molecule is CN=C(NCC(C)c1c(C)noc1C)Nc1ccc(OC)c(OC)c1. The van der Waals surface area contributed by atoms with Gasteiger partial charge in [0.2, 0.25) is 0 Å². The van der Waals surface area contributed by atoms with E-state index in [9.17, 15) is 0 Å². The van der Waals surface area contributed by atoms with Crippen LogP contribution in [0, 0.1) is 13.8 Å². The monoisotopic (exact) mass is 346 g/mol. The van der Waals surface area contributed by atoms with Gasteiger partial charge in [-0.05, 0) is 26.0 Å². The second-order valence-corrected chi connectivity index (χ2v) is 5.79. The van der Waals surface area contributed by atoms with Crippen molar-refractivity contribution in [3.8, 4) is 11.5 Å². The molecule has 1 atom stereocenters. The number of methoxy groups -OCH3 is 2. The molecule has 0 aliphatic rings. The first kappa shape index (κ1) is 18.6. The van der Waals surface area contributed by atoms with Gasteiger partial charge in [0, 0.05) is 36.8 Å². The highest BCUT2D eigenvalue weighted by Gasteiger charge is 2.16. The highest BCUT2D eigenvalue weighted by molar-refractivity contribution is 5.93. The van der Waals surface area contributed by atoms with Crippen LogP contribution < -0.4 is 20.1 Å². The van der Waals surface area contributed by atoms with Gasteiger partial charge in [-0.25, -0.2) is 0 Å². The second kappa shape index (κ2) is 8.41. The molecule has 7 heteroatoms. The van der Waals surface area contributed by atoms with Gasteiger partial charge < -0.3 is 24.6 Å². The average molecular weight is 346 g/mol. The number of benzene rings is 1. The third-order valence-electron chi connectivity index (χ3n) is 4.03. The number of hydrogen-bond donors (Lipinski definition) is 2. The van der Waals surface area contributed by atoms with Gasteiger partial charge in [-0.1, -0.05) is 12.1 Å². The molecule has 0 spiro atoms. The van der Waals surface area contributed by atoms with Gasteiger partial charge in [0.1, 0.15) is 5.76 Å². The van der Waals surface area contributed by atoms with E-state index in [0.717, 1.165) is 22.7 Å². The summed E-state index contributed by atoms with van der Waals surface area (Å²) in [5.41, 5.74) is 2.92. The van der Waals surface area contributed by atoms with Crippen molar-refractivity contribution in [1.29, 1.82) is 0 Å². The lowest BCUT2D eigenvalue weighted by Crippen LogP contribution is -2.33. The molecule has 7 nitrogen and oxygen atoms in total. The van der Waals surface area contributed by atoms with E-state index in [-0.39, 0.29) is 5.92 Å². The average Bonchev–Trinajstić information content (AvgIpc) is 2.96. The van der Waals surface area contributed by atoms with Gasteiger partial charge in [-0.2, -0.15) is 0 Å². The Morgan fingerprint density at radius 3 is 2.52 bits per heavy atom. The van der Waals surface area contributed by atoms with E-state index in [0.29, 0.717) is 24.0 Å². The van der Waals surface area contributed by atoms with Crippen LogP contribution in [0.5, 0.6) is 11.5 Å². The summed E-state index contributed by atoms with van der Waals surface area (Å²) in [6.07, 6.45) is 0. The first-order chi connectivity index (χ1) is 12.0. The van der Waals surface area contributed by atoms with Crippen molar-refractivity contribution in [2.45, 2.75) is 26.7 Å². The molecular weight excluding hydrogens is 320 g/mol. The molecule has 2 aromatic rings. The van der Waals surface area contributed by atoms with Crippen molar-refractivity contribution in [3.63, 3.8) is 0 Å². The lowest BCUT2D eigenvalue weighted by atomic mass is 10.00. The van der Waals surface area contributed by atoms with Crippen molar-refractivity contribution in [2.75, 3.05) is 33.1 Å². The second-order valence-electron chi connectivity index (χ2n) is 5.79. The molecule has 136 valence electrons. The Hall–Kier alpha value is -2.70. The molecule has 0 saturated heterocycles. The zero-order valence-electron chi connectivity index (χ0n) is 15.6. The van der Waals surface area contributed by atoms with Crippen molar-refractivity contribution >= 4 is 11.6 Å². The number of aromatic nitrogens is 1. The Bertz CT molecular complexity index is 720. The normalized spacial score (nSPS) is 12.6. The van der Waals surface area contributed by atoms with Gasteiger partial charge >= 0.3 is 0 Å². The largest absolute Gasteiger partial charge is 0.493 e. The lowest BCUT2D eigenvalue weighted by Gasteiger charge is -2.17. The molecule has 0 radical (unpaired) electrons. The van der Waals surface area contributed by atoms with E-state index in [1.165, 1.54) is 0 Å². The number of rotatable bonds is 6. The zero-order valence-corrected chi connectivity index (χ0v) is 15.6. The number of nitrogens with one attached hydrogen (secondary N) is 2. The number of guanidine groups is 1. The molecule has 0 fully saturated rings. The van der Waals surface area contributed by atoms with Gasteiger partial charge in [0.25, 0.3) is 0 Å². The van der Waals surface area contributed by atoms with Crippen LogP contribution in [0.3, 0.4) is 0 Å². The number of anilines is 1. The van der Waals surface area contributed by atoms with E-state index < -0.39 is 0 Å².